The van der Waals surface area contributed by atoms with Crippen molar-refractivity contribution in [1.29, 1.82) is 0 Å². The maximum atomic E-state index is 12.9. The number of β-amino-alcohol motifs (C(OH)–C–C–N with tert-alkyl or cyclic N) is 1. The highest BCUT2D eigenvalue weighted by Gasteiger charge is 2.48. The van der Waals surface area contributed by atoms with Gasteiger partial charge in [-0.3, -0.25) is 4.79 Å². The standard InChI is InChI=1S/C34H37ClN6O4/c1-33(2,3)45-32(43)41-18-34(44,19-41)28-12-22(20-7-8-20)16-40-17-25(38-30(28)40)15-37-24-9-10-36-29(13-24)39-31(42)27-14-26(27)21-5-4-6-23(35)11-21/h4-6,9-13,16-17,20,26-27,44H,7-8,14-15,18-19H2,1-3H3,(H2,36,37,39,42)/t26-,27+/m1/s1. The van der Waals surface area contributed by atoms with Crippen LogP contribution in [0.5, 0.6) is 0 Å². The Kier molecular flexibility index (Phi) is 7.24. The maximum absolute atomic E-state index is 12.9. The van der Waals surface area contributed by atoms with Gasteiger partial charge >= 0.3 is 6.09 Å². The first kappa shape index (κ1) is 29.6. The van der Waals surface area contributed by atoms with Gasteiger partial charge in [-0.05, 0) is 87.3 Å². The van der Waals surface area contributed by atoms with Crippen LogP contribution >= 0.6 is 11.6 Å². The van der Waals surface area contributed by atoms with Gasteiger partial charge < -0.3 is 29.8 Å². The summed E-state index contributed by atoms with van der Waals surface area (Å²) in [5.74, 6) is 0.975. The summed E-state index contributed by atoms with van der Waals surface area (Å²) in [5, 5.41) is 18.6. The molecule has 3 N–H and O–H groups in total. The van der Waals surface area contributed by atoms with Gasteiger partial charge in [-0.2, -0.15) is 0 Å². The number of halogens is 1. The number of aliphatic hydroxyl groups is 1. The van der Waals surface area contributed by atoms with Crippen molar-refractivity contribution in [1.82, 2.24) is 19.3 Å². The molecule has 0 spiro atoms. The monoisotopic (exact) mass is 628 g/mol. The largest absolute Gasteiger partial charge is 0.444 e. The highest BCUT2D eigenvalue weighted by Crippen LogP contribution is 2.48. The lowest BCUT2D eigenvalue weighted by atomic mass is 9.86. The van der Waals surface area contributed by atoms with Crippen LogP contribution in [0.3, 0.4) is 0 Å². The fourth-order valence-corrected chi connectivity index (χ4v) is 6.26. The summed E-state index contributed by atoms with van der Waals surface area (Å²) in [4.78, 5) is 36.2. The molecule has 3 fully saturated rings. The summed E-state index contributed by atoms with van der Waals surface area (Å²) in [6.45, 7) is 6.22. The van der Waals surface area contributed by atoms with E-state index < -0.39 is 17.3 Å². The minimum atomic E-state index is -1.20. The number of carbonyl (C=O) groups is 2. The van der Waals surface area contributed by atoms with Gasteiger partial charge in [0, 0.05) is 46.8 Å². The topological polar surface area (TPSA) is 121 Å². The molecule has 0 radical (unpaired) electrons. The second-order valence-electron chi connectivity index (χ2n) is 13.6. The molecule has 10 nitrogen and oxygen atoms in total. The Morgan fingerprint density at radius 1 is 1.11 bits per heavy atom. The Bertz CT molecular complexity index is 1790. The van der Waals surface area contributed by atoms with Crippen molar-refractivity contribution in [3.63, 3.8) is 0 Å². The quantitative estimate of drug-likeness (QED) is 0.217. The molecule has 0 unspecified atom stereocenters. The molecular formula is C34H37ClN6O4. The number of ether oxygens (including phenoxy) is 1. The SMILES string of the molecule is CC(C)(C)OC(=O)N1CC(O)(c2cc(C3CC3)cn3cc(CNc4ccnc(NC(=O)[C@H]5C[C@@H]5c5cccc(Cl)c5)c4)nc23)C1. The second kappa shape index (κ2) is 11.0. The van der Waals surface area contributed by atoms with E-state index >= 15 is 0 Å². The molecule has 11 heteroatoms. The van der Waals surface area contributed by atoms with E-state index in [9.17, 15) is 14.7 Å². The fourth-order valence-electron chi connectivity index (χ4n) is 6.06. The Balaban J connectivity index is 1.03. The Morgan fingerprint density at radius 3 is 2.64 bits per heavy atom. The Labute approximate surface area is 266 Å². The summed E-state index contributed by atoms with van der Waals surface area (Å²) < 4.78 is 7.48. The molecule has 1 aromatic carbocycles. The van der Waals surface area contributed by atoms with E-state index in [0.717, 1.165) is 41.8 Å². The van der Waals surface area contributed by atoms with Gasteiger partial charge in [0.05, 0.1) is 25.3 Å². The molecule has 3 aliphatic rings. The zero-order valence-corrected chi connectivity index (χ0v) is 26.3. The van der Waals surface area contributed by atoms with Gasteiger partial charge in [0.2, 0.25) is 5.91 Å². The third kappa shape index (κ3) is 6.35. The number of nitrogens with zero attached hydrogens (tertiary/aromatic N) is 4. The normalized spacial score (nSPS) is 20.4. The van der Waals surface area contributed by atoms with Gasteiger partial charge in [0.1, 0.15) is 22.7 Å². The van der Waals surface area contributed by atoms with Crippen molar-refractivity contribution in [2.24, 2.45) is 5.92 Å². The minimum Gasteiger partial charge on any atom is -0.444 e. The summed E-state index contributed by atoms with van der Waals surface area (Å²) in [5.41, 5.74) is 3.42. The number of imidazole rings is 1. The van der Waals surface area contributed by atoms with E-state index in [0.29, 0.717) is 29.0 Å². The van der Waals surface area contributed by atoms with Crippen LogP contribution in [0, 0.1) is 5.92 Å². The van der Waals surface area contributed by atoms with Crippen molar-refractivity contribution < 1.29 is 19.4 Å². The zero-order valence-electron chi connectivity index (χ0n) is 25.6. The molecule has 2 saturated carbocycles. The third-order valence-corrected chi connectivity index (χ3v) is 8.85. The number of hydrogen-bond acceptors (Lipinski definition) is 7. The predicted octanol–water partition coefficient (Wildman–Crippen LogP) is 6.05. The molecule has 234 valence electrons. The average molecular weight is 629 g/mol. The van der Waals surface area contributed by atoms with Crippen molar-refractivity contribution in [2.75, 3.05) is 23.7 Å². The molecule has 1 aliphatic heterocycles. The molecule has 2 amide bonds. The van der Waals surface area contributed by atoms with Gasteiger partial charge in [0.15, 0.2) is 0 Å². The summed E-state index contributed by atoms with van der Waals surface area (Å²) >= 11 is 6.13. The number of fused-ring (bicyclic) bond motifs is 1. The molecule has 1 saturated heterocycles. The molecule has 4 aromatic rings. The molecule has 2 atom stereocenters. The molecule has 2 aliphatic carbocycles. The van der Waals surface area contributed by atoms with Crippen molar-refractivity contribution in [2.45, 2.75) is 69.6 Å². The summed E-state index contributed by atoms with van der Waals surface area (Å²) in [6.07, 6.45) is 8.33. The van der Waals surface area contributed by atoms with Crippen molar-refractivity contribution in [3.8, 4) is 0 Å². The van der Waals surface area contributed by atoms with E-state index in [4.69, 9.17) is 21.3 Å². The summed E-state index contributed by atoms with van der Waals surface area (Å²) in [6, 6.07) is 13.4. The lowest BCUT2D eigenvalue weighted by Gasteiger charge is -2.46. The molecule has 0 bridgehead atoms. The number of pyridine rings is 2. The number of likely N-dealkylation sites (tertiary alicyclic amines) is 1. The first-order valence-corrected chi connectivity index (χ1v) is 15.8. The number of nitrogens with one attached hydrogen (secondary N) is 2. The van der Waals surface area contributed by atoms with Crippen molar-refractivity contribution in [3.05, 3.63) is 88.5 Å². The van der Waals surface area contributed by atoms with Crippen LogP contribution in [0.4, 0.5) is 16.3 Å². The van der Waals surface area contributed by atoms with Crippen LogP contribution in [-0.2, 0) is 21.7 Å². The fraction of sp³-hybridized carbons (Fsp3) is 0.412. The molecule has 45 heavy (non-hydrogen) atoms. The highest BCUT2D eigenvalue weighted by molar-refractivity contribution is 6.30. The van der Waals surface area contributed by atoms with Crippen LogP contribution in [0.1, 0.15) is 74.3 Å². The predicted molar refractivity (Wildman–Crippen MR) is 171 cm³/mol. The average Bonchev–Trinajstić information content (AvgIpc) is 3.89. The van der Waals surface area contributed by atoms with Crippen LogP contribution in [0.25, 0.3) is 5.65 Å². The number of carbonyl (C=O) groups excluding carboxylic acids is 2. The Morgan fingerprint density at radius 2 is 1.91 bits per heavy atom. The van der Waals surface area contributed by atoms with Crippen molar-refractivity contribution >= 4 is 40.8 Å². The number of aromatic nitrogens is 3. The van der Waals surface area contributed by atoms with Crippen LogP contribution < -0.4 is 10.6 Å². The first-order valence-electron chi connectivity index (χ1n) is 15.4. The first-order chi connectivity index (χ1) is 21.4. The van der Waals surface area contributed by atoms with Gasteiger partial charge in [-0.1, -0.05) is 23.7 Å². The number of anilines is 2. The zero-order chi connectivity index (χ0) is 31.5. The molecule has 7 rings (SSSR count). The van der Waals surface area contributed by atoms with Gasteiger partial charge in [-0.25, -0.2) is 14.8 Å². The van der Waals surface area contributed by atoms with E-state index in [-0.39, 0.29) is 30.8 Å². The van der Waals surface area contributed by atoms with E-state index in [2.05, 4.69) is 27.9 Å². The van der Waals surface area contributed by atoms with Crippen LogP contribution in [-0.4, -0.2) is 55.1 Å². The molecule has 4 heterocycles. The van der Waals surface area contributed by atoms with E-state index in [1.807, 2.05) is 67.8 Å². The second-order valence-corrected chi connectivity index (χ2v) is 14.0. The maximum Gasteiger partial charge on any atom is 0.410 e. The Hall–Kier alpha value is -4.15. The minimum absolute atomic E-state index is 0.0527. The third-order valence-electron chi connectivity index (χ3n) is 8.62. The van der Waals surface area contributed by atoms with Gasteiger partial charge in [-0.15, -0.1) is 0 Å². The number of rotatable bonds is 8. The number of hydrogen-bond donors (Lipinski definition) is 3. The lowest BCUT2D eigenvalue weighted by Crippen LogP contribution is -2.62. The number of amides is 2. The molecular weight excluding hydrogens is 592 g/mol. The van der Waals surface area contributed by atoms with E-state index in [1.54, 1.807) is 6.20 Å². The van der Waals surface area contributed by atoms with Crippen LogP contribution in [0.2, 0.25) is 5.02 Å². The van der Waals surface area contributed by atoms with E-state index in [1.165, 1.54) is 10.5 Å². The summed E-state index contributed by atoms with van der Waals surface area (Å²) in [7, 11) is 0. The smallest absolute Gasteiger partial charge is 0.410 e. The number of benzene rings is 1. The van der Waals surface area contributed by atoms with Gasteiger partial charge in [0.25, 0.3) is 0 Å². The van der Waals surface area contributed by atoms with Crippen LogP contribution in [0.15, 0.2) is 61.1 Å². The lowest BCUT2D eigenvalue weighted by molar-refractivity contribution is -0.117. The highest BCUT2D eigenvalue weighted by atomic mass is 35.5. The molecule has 3 aromatic heterocycles.